The molecule has 2 unspecified atom stereocenters. The van der Waals surface area contributed by atoms with E-state index in [9.17, 15) is 14.9 Å². The molecule has 1 amide bonds. The fourth-order valence-electron chi connectivity index (χ4n) is 2.35. The third-order valence-electron chi connectivity index (χ3n) is 3.78. The van der Waals surface area contributed by atoms with E-state index < -0.39 is 4.92 Å². The van der Waals surface area contributed by atoms with Crippen LogP contribution in [0.2, 0.25) is 0 Å². The van der Waals surface area contributed by atoms with E-state index in [2.05, 4.69) is 22.9 Å². The van der Waals surface area contributed by atoms with Gasteiger partial charge in [0.15, 0.2) is 5.75 Å². The van der Waals surface area contributed by atoms with Crippen LogP contribution in [0.25, 0.3) is 0 Å². The van der Waals surface area contributed by atoms with Gasteiger partial charge in [0.1, 0.15) is 0 Å². The Morgan fingerprint density at radius 3 is 2.81 bits per heavy atom. The topological polar surface area (TPSA) is 72.7 Å². The number of benzene rings is 1. The highest BCUT2D eigenvalue weighted by molar-refractivity contribution is 9.09. The van der Waals surface area contributed by atoms with Crippen molar-refractivity contribution in [2.75, 3.05) is 20.2 Å². The second kappa shape index (κ2) is 6.43. The molecule has 1 aliphatic rings. The van der Waals surface area contributed by atoms with Crippen molar-refractivity contribution in [2.24, 2.45) is 5.92 Å². The van der Waals surface area contributed by atoms with E-state index in [1.54, 1.807) is 4.90 Å². The maximum Gasteiger partial charge on any atom is 0.310 e. The number of amides is 1. The molecule has 0 aromatic heterocycles. The predicted octanol–water partition coefficient (Wildman–Crippen LogP) is 2.85. The summed E-state index contributed by atoms with van der Waals surface area (Å²) in [7, 11) is 1.35. The molecule has 1 aromatic carbocycles. The number of halogens is 1. The van der Waals surface area contributed by atoms with Crippen molar-refractivity contribution in [3.8, 4) is 5.75 Å². The van der Waals surface area contributed by atoms with Crippen LogP contribution in [0.5, 0.6) is 5.75 Å². The van der Waals surface area contributed by atoms with Crippen molar-refractivity contribution in [3.63, 3.8) is 0 Å². The van der Waals surface area contributed by atoms with Gasteiger partial charge in [-0.1, -0.05) is 22.9 Å². The Hall–Kier alpha value is -1.63. The zero-order valence-electron chi connectivity index (χ0n) is 11.9. The highest BCUT2D eigenvalue weighted by atomic mass is 79.9. The SMILES string of the molecule is COc1cc(C(=O)N2CCC(C)C(Br)C2)ccc1[N+](=O)[O-]. The van der Waals surface area contributed by atoms with E-state index in [0.29, 0.717) is 24.6 Å². The first kappa shape index (κ1) is 15.8. The van der Waals surface area contributed by atoms with E-state index >= 15 is 0 Å². The molecule has 6 nitrogen and oxygen atoms in total. The highest BCUT2D eigenvalue weighted by Crippen LogP contribution is 2.29. The number of carbonyl (C=O) groups excluding carboxylic acids is 1. The number of alkyl halides is 1. The van der Waals surface area contributed by atoms with E-state index in [0.717, 1.165) is 6.42 Å². The molecule has 0 N–H and O–H groups in total. The molecule has 2 atom stereocenters. The van der Waals surface area contributed by atoms with E-state index in [1.165, 1.54) is 25.3 Å². The van der Waals surface area contributed by atoms with Gasteiger partial charge in [-0.15, -0.1) is 0 Å². The number of nitrogens with zero attached hydrogens (tertiary/aromatic N) is 2. The van der Waals surface area contributed by atoms with E-state index in [4.69, 9.17) is 4.74 Å². The molecule has 0 saturated carbocycles. The number of nitro benzene ring substituents is 1. The summed E-state index contributed by atoms with van der Waals surface area (Å²) in [6, 6.07) is 4.22. The molecule has 1 saturated heterocycles. The summed E-state index contributed by atoms with van der Waals surface area (Å²) in [4.78, 5) is 24.9. The minimum atomic E-state index is -0.524. The van der Waals surface area contributed by atoms with Gasteiger partial charge in [0.25, 0.3) is 5.91 Å². The van der Waals surface area contributed by atoms with Crippen molar-refractivity contribution < 1.29 is 14.5 Å². The molecular weight excluding hydrogens is 340 g/mol. The van der Waals surface area contributed by atoms with Crippen LogP contribution in [0.4, 0.5) is 5.69 Å². The summed E-state index contributed by atoms with van der Waals surface area (Å²) in [6.07, 6.45) is 0.936. The number of likely N-dealkylation sites (tertiary alicyclic amines) is 1. The van der Waals surface area contributed by atoms with Gasteiger partial charge in [-0.3, -0.25) is 14.9 Å². The molecule has 21 heavy (non-hydrogen) atoms. The predicted molar refractivity (Wildman–Crippen MR) is 82.0 cm³/mol. The number of methoxy groups -OCH3 is 1. The van der Waals surface area contributed by atoms with Crippen LogP contribution in [-0.2, 0) is 0 Å². The molecule has 0 spiro atoms. The summed E-state index contributed by atoms with van der Waals surface area (Å²) in [6.45, 7) is 3.48. The number of carbonyl (C=O) groups is 1. The number of piperidine rings is 1. The zero-order valence-corrected chi connectivity index (χ0v) is 13.5. The lowest BCUT2D eigenvalue weighted by Gasteiger charge is -2.34. The maximum absolute atomic E-state index is 12.5. The Morgan fingerprint density at radius 2 is 2.24 bits per heavy atom. The normalized spacial score (nSPS) is 22.0. The van der Waals surface area contributed by atoms with Gasteiger partial charge < -0.3 is 9.64 Å². The van der Waals surface area contributed by atoms with Gasteiger partial charge in [-0.2, -0.15) is 0 Å². The van der Waals surface area contributed by atoms with Gasteiger partial charge >= 0.3 is 5.69 Å². The first-order chi connectivity index (χ1) is 9.93. The summed E-state index contributed by atoms with van der Waals surface area (Å²) in [5, 5.41) is 10.9. The molecule has 0 aliphatic carbocycles. The van der Waals surface area contributed by atoms with Gasteiger partial charge in [0, 0.05) is 35.6 Å². The summed E-state index contributed by atoms with van der Waals surface area (Å²) < 4.78 is 5.00. The number of ether oxygens (including phenoxy) is 1. The summed E-state index contributed by atoms with van der Waals surface area (Å²) in [5.41, 5.74) is 0.270. The molecule has 0 radical (unpaired) electrons. The maximum atomic E-state index is 12.5. The van der Waals surface area contributed by atoms with Crippen molar-refractivity contribution in [1.29, 1.82) is 0 Å². The Balaban J connectivity index is 2.22. The van der Waals surface area contributed by atoms with Crippen molar-refractivity contribution in [1.82, 2.24) is 4.90 Å². The smallest absolute Gasteiger partial charge is 0.310 e. The lowest BCUT2D eigenvalue weighted by atomic mass is 9.98. The van der Waals surface area contributed by atoms with Gasteiger partial charge in [0.05, 0.1) is 12.0 Å². The second-order valence-electron chi connectivity index (χ2n) is 5.18. The van der Waals surface area contributed by atoms with Gasteiger partial charge in [-0.25, -0.2) is 0 Å². The Kier molecular flexibility index (Phi) is 4.82. The molecule has 7 heteroatoms. The van der Waals surface area contributed by atoms with Gasteiger partial charge in [-0.05, 0) is 18.4 Å². The Bertz CT molecular complexity index is 564. The van der Waals surface area contributed by atoms with Crippen LogP contribution in [0, 0.1) is 16.0 Å². The van der Waals surface area contributed by atoms with Crippen LogP contribution in [0.15, 0.2) is 18.2 Å². The molecule has 1 heterocycles. The molecule has 2 rings (SSSR count). The highest BCUT2D eigenvalue weighted by Gasteiger charge is 2.28. The monoisotopic (exact) mass is 356 g/mol. The average Bonchev–Trinajstić information content (AvgIpc) is 2.48. The van der Waals surface area contributed by atoms with Crippen LogP contribution >= 0.6 is 15.9 Å². The molecule has 1 aliphatic heterocycles. The quantitative estimate of drug-likeness (QED) is 0.474. The largest absolute Gasteiger partial charge is 0.490 e. The minimum absolute atomic E-state index is 0.103. The van der Waals surface area contributed by atoms with E-state index in [1.807, 2.05) is 0 Å². The number of hydrogen-bond donors (Lipinski definition) is 0. The summed E-state index contributed by atoms with van der Waals surface area (Å²) in [5.74, 6) is 0.506. The van der Waals surface area contributed by atoms with Gasteiger partial charge in [0.2, 0.25) is 0 Å². The second-order valence-corrected chi connectivity index (χ2v) is 6.35. The van der Waals surface area contributed by atoms with Crippen molar-refractivity contribution in [3.05, 3.63) is 33.9 Å². The van der Waals surface area contributed by atoms with Crippen LogP contribution in [0.1, 0.15) is 23.7 Å². The third kappa shape index (κ3) is 3.34. The molecule has 0 bridgehead atoms. The van der Waals surface area contributed by atoms with Crippen LogP contribution in [0.3, 0.4) is 0 Å². The molecule has 1 aromatic rings. The molecule has 1 fully saturated rings. The standard InChI is InChI=1S/C14H17BrN2O4/c1-9-5-6-16(8-11(9)15)14(18)10-3-4-12(17(19)20)13(7-10)21-2/h3-4,7,9,11H,5-6,8H2,1-2H3. The Labute approximate surface area is 131 Å². The first-order valence-corrected chi connectivity index (χ1v) is 7.61. The van der Waals surface area contributed by atoms with E-state index in [-0.39, 0.29) is 22.2 Å². The van der Waals surface area contributed by atoms with Crippen molar-refractivity contribution >= 4 is 27.5 Å². The van der Waals surface area contributed by atoms with Crippen LogP contribution in [-0.4, -0.2) is 40.8 Å². The fourth-order valence-corrected chi connectivity index (χ4v) is 2.96. The minimum Gasteiger partial charge on any atom is -0.490 e. The lowest BCUT2D eigenvalue weighted by Crippen LogP contribution is -2.43. The number of rotatable bonds is 3. The zero-order chi connectivity index (χ0) is 15.6. The molecule has 114 valence electrons. The molecular formula is C14H17BrN2O4. The third-order valence-corrected chi connectivity index (χ3v) is 4.97. The first-order valence-electron chi connectivity index (χ1n) is 6.69. The van der Waals surface area contributed by atoms with Crippen molar-refractivity contribution in [2.45, 2.75) is 18.2 Å². The summed E-state index contributed by atoms with van der Waals surface area (Å²) >= 11 is 3.59. The van der Waals surface area contributed by atoms with Crippen LogP contribution < -0.4 is 4.74 Å². The Morgan fingerprint density at radius 1 is 1.52 bits per heavy atom. The number of hydrogen-bond acceptors (Lipinski definition) is 4. The lowest BCUT2D eigenvalue weighted by molar-refractivity contribution is -0.385. The average molecular weight is 357 g/mol. The fraction of sp³-hybridized carbons (Fsp3) is 0.500. The number of nitro groups is 1.